The van der Waals surface area contributed by atoms with Gasteiger partial charge in [-0.15, -0.1) is 0 Å². The molecular formula is C9H8BrIO2. The number of carbonyl (C=O) groups excluding carboxylic acids is 1. The molecule has 13 heavy (non-hydrogen) atoms. The second-order valence-corrected chi connectivity index (χ2v) is 6.25. The molecule has 0 bridgehead atoms. The molecule has 0 amide bonds. The summed E-state index contributed by atoms with van der Waals surface area (Å²) in [5, 5.41) is 0. The van der Waals surface area contributed by atoms with Gasteiger partial charge in [-0.2, -0.15) is 0 Å². The first kappa shape index (κ1) is 11.0. The van der Waals surface area contributed by atoms with Gasteiger partial charge < -0.3 is 4.74 Å². The van der Waals surface area contributed by atoms with Gasteiger partial charge in [0.25, 0.3) is 0 Å². The minimum absolute atomic E-state index is 0.125. The highest BCUT2D eigenvalue weighted by Crippen LogP contribution is 2.32. The number of rotatable bonds is 2. The van der Waals surface area contributed by atoms with Crippen molar-refractivity contribution < 1.29 is 9.53 Å². The van der Waals surface area contributed by atoms with Gasteiger partial charge in [0.15, 0.2) is 0 Å². The van der Waals surface area contributed by atoms with Crippen molar-refractivity contribution in [2.75, 3.05) is 7.11 Å². The molecule has 0 radical (unpaired) electrons. The lowest BCUT2D eigenvalue weighted by molar-refractivity contribution is 0.0600. The molecule has 0 fully saturated rings. The summed E-state index contributed by atoms with van der Waals surface area (Å²) in [6.45, 7) is 0. The van der Waals surface area contributed by atoms with Crippen LogP contribution in [0, 0.1) is 0 Å². The molecule has 0 N–H and O–H groups in total. The zero-order valence-corrected chi connectivity index (χ0v) is 10.7. The Morgan fingerprint density at radius 3 is 2.69 bits per heavy atom. The first-order valence-electron chi connectivity index (χ1n) is 3.62. The van der Waals surface area contributed by atoms with E-state index in [4.69, 9.17) is 0 Å². The van der Waals surface area contributed by atoms with Crippen LogP contribution in [0.4, 0.5) is 0 Å². The lowest BCUT2D eigenvalue weighted by Crippen LogP contribution is -2.04. The van der Waals surface area contributed by atoms with Gasteiger partial charge in [0.05, 0.1) is 15.5 Å². The number of alkyl halides is 2. The average molecular weight is 355 g/mol. The van der Waals surface area contributed by atoms with E-state index in [9.17, 15) is 4.79 Å². The van der Waals surface area contributed by atoms with E-state index in [0.29, 0.717) is 5.56 Å². The minimum Gasteiger partial charge on any atom is -0.465 e. The summed E-state index contributed by atoms with van der Waals surface area (Å²) in [7, 11) is 1.38. The highest BCUT2D eigenvalue weighted by atomic mass is 127. The van der Waals surface area contributed by atoms with Gasteiger partial charge in [-0.25, -0.2) is 4.79 Å². The smallest absolute Gasteiger partial charge is 0.338 e. The Hall–Kier alpha value is -0.100. The Morgan fingerprint density at radius 1 is 1.54 bits per heavy atom. The Kier molecular flexibility index (Phi) is 4.18. The van der Waals surface area contributed by atoms with Gasteiger partial charge in [-0.05, 0) is 11.6 Å². The van der Waals surface area contributed by atoms with Crippen LogP contribution >= 0.6 is 38.5 Å². The lowest BCUT2D eigenvalue weighted by Gasteiger charge is -2.07. The average Bonchev–Trinajstić information content (AvgIpc) is 2.16. The van der Waals surface area contributed by atoms with Gasteiger partial charge >= 0.3 is 5.97 Å². The van der Waals surface area contributed by atoms with E-state index in [1.165, 1.54) is 7.11 Å². The number of halogens is 2. The first-order chi connectivity index (χ1) is 6.16. The molecule has 1 unspecified atom stereocenters. The van der Waals surface area contributed by atoms with Crippen LogP contribution in [0.3, 0.4) is 0 Å². The van der Waals surface area contributed by atoms with Crippen LogP contribution in [-0.2, 0) is 4.74 Å². The highest BCUT2D eigenvalue weighted by Gasteiger charge is 2.14. The van der Waals surface area contributed by atoms with E-state index in [-0.39, 0.29) is 8.80 Å². The molecule has 0 saturated carbocycles. The van der Waals surface area contributed by atoms with E-state index in [1.54, 1.807) is 6.07 Å². The minimum atomic E-state index is -0.295. The van der Waals surface area contributed by atoms with Crippen molar-refractivity contribution in [1.29, 1.82) is 0 Å². The van der Waals surface area contributed by atoms with Gasteiger partial charge in [0, 0.05) is 0 Å². The summed E-state index contributed by atoms with van der Waals surface area (Å²) in [6.07, 6.45) is 0. The van der Waals surface area contributed by atoms with Crippen molar-refractivity contribution >= 4 is 44.5 Å². The largest absolute Gasteiger partial charge is 0.465 e. The summed E-state index contributed by atoms with van der Waals surface area (Å²) in [5.41, 5.74) is 1.55. The maximum Gasteiger partial charge on any atom is 0.338 e. The quantitative estimate of drug-likeness (QED) is 0.462. The van der Waals surface area contributed by atoms with Crippen molar-refractivity contribution in [3.63, 3.8) is 0 Å². The lowest BCUT2D eigenvalue weighted by atomic mass is 10.1. The van der Waals surface area contributed by atoms with E-state index in [1.807, 2.05) is 18.2 Å². The molecule has 1 atom stereocenters. The molecule has 4 heteroatoms. The summed E-state index contributed by atoms with van der Waals surface area (Å²) >= 11 is 5.60. The Balaban J connectivity index is 3.12. The Labute approximate surface area is 98.9 Å². The number of esters is 1. The SMILES string of the molecule is COC(=O)c1ccccc1C(Br)I. The topological polar surface area (TPSA) is 26.3 Å². The molecule has 0 aliphatic carbocycles. The molecule has 0 aliphatic heterocycles. The number of ether oxygens (including phenoxy) is 1. The fraction of sp³-hybridized carbons (Fsp3) is 0.222. The summed E-state index contributed by atoms with van der Waals surface area (Å²) in [5.74, 6) is -0.295. The molecule has 1 aromatic rings. The molecule has 0 aliphatic rings. The van der Waals surface area contributed by atoms with Crippen molar-refractivity contribution in [3.8, 4) is 0 Å². The number of benzene rings is 1. The third-order valence-corrected chi connectivity index (χ3v) is 2.77. The van der Waals surface area contributed by atoms with Gasteiger partial charge in [0.2, 0.25) is 0 Å². The van der Waals surface area contributed by atoms with Crippen molar-refractivity contribution in [1.82, 2.24) is 0 Å². The van der Waals surface area contributed by atoms with Crippen molar-refractivity contribution in [3.05, 3.63) is 35.4 Å². The van der Waals surface area contributed by atoms with Crippen LogP contribution in [0.2, 0.25) is 0 Å². The van der Waals surface area contributed by atoms with E-state index in [2.05, 4.69) is 43.3 Å². The number of carbonyl (C=O) groups is 1. The van der Waals surface area contributed by atoms with Crippen LogP contribution in [-0.4, -0.2) is 13.1 Å². The van der Waals surface area contributed by atoms with Crippen LogP contribution < -0.4 is 0 Å². The summed E-state index contributed by atoms with van der Waals surface area (Å²) in [6, 6.07) is 7.38. The molecule has 70 valence electrons. The van der Waals surface area contributed by atoms with Crippen LogP contribution in [0.1, 0.15) is 18.8 Å². The maximum atomic E-state index is 11.3. The predicted octanol–water partition coefficient (Wildman–Crippen LogP) is 3.30. The normalized spacial score (nSPS) is 12.2. The first-order valence-corrected chi connectivity index (χ1v) is 5.78. The monoisotopic (exact) mass is 354 g/mol. The molecule has 1 rings (SSSR count). The predicted molar refractivity (Wildman–Crippen MR) is 63.5 cm³/mol. The second kappa shape index (κ2) is 4.95. The molecule has 0 heterocycles. The van der Waals surface area contributed by atoms with Crippen molar-refractivity contribution in [2.24, 2.45) is 0 Å². The summed E-state index contributed by atoms with van der Waals surface area (Å²) < 4.78 is 4.79. The molecule has 2 nitrogen and oxygen atoms in total. The zero-order chi connectivity index (χ0) is 9.84. The van der Waals surface area contributed by atoms with Crippen LogP contribution in [0.25, 0.3) is 0 Å². The standard InChI is InChI=1S/C9H8BrIO2/c1-13-9(12)7-5-3-2-4-6(7)8(10)11/h2-5,8H,1H3. The van der Waals surface area contributed by atoms with E-state index < -0.39 is 0 Å². The number of methoxy groups -OCH3 is 1. The van der Waals surface area contributed by atoms with Gasteiger partial charge in [-0.3, -0.25) is 0 Å². The molecule has 0 spiro atoms. The van der Waals surface area contributed by atoms with E-state index >= 15 is 0 Å². The molecule has 0 aromatic heterocycles. The zero-order valence-electron chi connectivity index (χ0n) is 6.96. The maximum absolute atomic E-state index is 11.3. The highest BCUT2D eigenvalue weighted by molar-refractivity contribution is 14.1. The van der Waals surface area contributed by atoms with Gasteiger partial charge in [-0.1, -0.05) is 56.7 Å². The van der Waals surface area contributed by atoms with E-state index in [0.717, 1.165) is 5.56 Å². The third-order valence-electron chi connectivity index (χ3n) is 1.60. The molecule has 1 aromatic carbocycles. The summed E-state index contributed by atoms with van der Waals surface area (Å²) in [4.78, 5) is 11.3. The van der Waals surface area contributed by atoms with Crippen molar-refractivity contribution in [2.45, 2.75) is 2.83 Å². The van der Waals surface area contributed by atoms with Gasteiger partial charge in [0.1, 0.15) is 0 Å². The second-order valence-electron chi connectivity index (χ2n) is 2.38. The Bertz CT molecular complexity index is 312. The fourth-order valence-electron chi connectivity index (χ4n) is 0.983. The van der Waals surface area contributed by atoms with Crippen LogP contribution in [0.5, 0.6) is 0 Å². The third kappa shape index (κ3) is 2.67. The van der Waals surface area contributed by atoms with Crippen LogP contribution in [0.15, 0.2) is 24.3 Å². The fourth-order valence-corrected chi connectivity index (χ4v) is 1.93. The molecule has 0 saturated heterocycles. The number of hydrogen-bond donors (Lipinski definition) is 0. The number of hydrogen-bond acceptors (Lipinski definition) is 2. The Morgan fingerprint density at radius 2 is 2.15 bits per heavy atom. The molecular weight excluding hydrogens is 347 g/mol.